The minimum atomic E-state index is -0.391. The smallest absolute Gasteiger partial charge is 0.295 e. The maximum absolute atomic E-state index is 11.2. The molecule has 100 valence electrons. The zero-order valence-corrected chi connectivity index (χ0v) is 11.1. The van der Waals surface area contributed by atoms with Crippen LogP contribution in [0.15, 0.2) is 17.1 Å². The molecule has 1 saturated carbocycles. The first-order valence-corrected chi connectivity index (χ1v) is 6.56. The van der Waals surface area contributed by atoms with Gasteiger partial charge in [0.15, 0.2) is 11.6 Å². The first-order chi connectivity index (χ1) is 9.02. The van der Waals surface area contributed by atoms with Crippen LogP contribution in [0.4, 0.5) is 11.4 Å². The van der Waals surface area contributed by atoms with Crippen molar-refractivity contribution in [1.29, 1.82) is 0 Å². The number of fused-ring (bicyclic) bond motifs is 2. The Morgan fingerprint density at radius 2 is 2.00 bits per heavy atom. The number of rotatable bonds is 1. The fourth-order valence-corrected chi connectivity index (χ4v) is 3.20. The van der Waals surface area contributed by atoms with Crippen molar-refractivity contribution in [1.82, 2.24) is 0 Å². The van der Waals surface area contributed by atoms with Crippen molar-refractivity contribution < 1.29 is 9.66 Å². The van der Waals surface area contributed by atoms with Gasteiger partial charge in [0.05, 0.1) is 4.92 Å². The van der Waals surface area contributed by atoms with Crippen molar-refractivity contribution in [3.8, 4) is 0 Å². The van der Waals surface area contributed by atoms with Crippen molar-refractivity contribution in [3.05, 3.63) is 33.4 Å². The van der Waals surface area contributed by atoms with Crippen LogP contribution in [0, 0.1) is 17.0 Å². The third kappa shape index (κ3) is 1.80. The Morgan fingerprint density at radius 3 is 2.63 bits per heavy atom. The molecule has 0 unspecified atom stereocenters. The summed E-state index contributed by atoms with van der Waals surface area (Å²) in [6.07, 6.45) is 4.00. The molecule has 0 saturated heterocycles. The van der Waals surface area contributed by atoms with Crippen LogP contribution in [0.3, 0.4) is 0 Å². The molecule has 1 heterocycles. The Balaban J connectivity index is 2.28. The van der Waals surface area contributed by atoms with Crippen LogP contribution in [0.5, 0.6) is 0 Å². The second kappa shape index (κ2) is 4.05. The van der Waals surface area contributed by atoms with Gasteiger partial charge in [-0.3, -0.25) is 10.1 Å². The fourth-order valence-electron chi connectivity index (χ4n) is 3.20. The highest BCUT2D eigenvalue weighted by Gasteiger charge is 2.44. The van der Waals surface area contributed by atoms with Gasteiger partial charge in [0, 0.05) is 18.6 Å². The Bertz CT molecular complexity index is 587. The number of hydrogen-bond acceptors (Lipinski definition) is 4. The first kappa shape index (κ1) is 12.1. The van der Waals surface area contributed by atoms with Crippen molar-refractivity contribution in [3.63, 3.8) is 0 Å². The van der Waals surface area contributed by atoms with Crippen molar-refractivity contribution >= 4 is 17.3 Å². The molecule has 1 fully saturated rings. The summed E-state index contributed by atoms with van der Waals surface area (Å²) in [7, 11) is 0. The highest BCUT2D eigenvalue weighted by atomic mass is 16.6. The maximum atomic E-state index is 11.2. The van der Waals surface area contributed by atoms with E-state index in [1.165, 1.54) is 0 Å². The molecule has 0 atom stereocenters. The molecular weight excluding hydrogens is 244 g/mol. The van der Waals surface area contributed by atoms with Gasteiger partial charge in [-0.1, -0.05) is 0 Å². The van der Waals surface area contributed by atoms with E-state index in [2.05, 4.69) is 4.99 Å². The van der Waals surface area contributed by atoms with Crippen LogP contribution >= 0.6 is 0 Å². The van der Waals surface area contributed by atoms with Crippen LogP contribution in [0.2, 0.25) is 0 Å². The van der Waals surface area contributed by atoms with Crippen molar-refractivity contribution in [2.45, 2.75) is 45.1 Å². The lowest BCUT2D eigenvalue weighted by molar-refractivity contribution is -0.384. The van der Waals surface area contributed by atoms with Crippen LogP contribution < -0.4 is 0 Å². The molecule has 1 aliphatic carbocycles. The molecule has 0 aromatic heterocycles. The Morgan fingerprint density at radius 1 is 1.32 bits per heavy atom. The Labute approximate surface area is 111 Å². The number of aryl methyl sites for hydroxylation is 1. The minimum absolute atomic E-state index is 0.0870. The van der Waals surface area contributed by atoms with Gasteiger partial charge in [-0.2, -0.15) is 0 Å². The Kier molecular flexibility index (Phi) is 2.59. The van der Waals surface area contributed by atoms with E-state index in [9.17, 15) is 10.1 Å². The topological polar surface area (TPSA) is 64.7 Å². The third-order valence-electron chi connectivity index (χ3n) is 3.95. The number of hydrogen-bond donors (Lipinski definition) is 0. The first-order valence-electron chi connectivity index (χ1n) is 6.56. The van der Waals surface area contributed by atoms with Gasteiger partial charge in [0.2, 0.25) is 0 Å². The van der Waals surface area contributed by atoms with E-state index in [4.69, 9.17) is 4.74 Å². The molecule has 0 radical (unpaired) electrons. The number of benzene rings is 1. The van der Waals surface area contributed by atoms with Crippen LogP contribution in [0.25, 0.3) is 0 Å². The molecule has 1 aromatic carbocycles. The quantitative estimate of drug-likeness (QED) is 0.570. The average Bonchev–Trinajstić information content (AvgIpc) is 2.78. The second-order valence-electron chi connectivity index (χ2n) is 5.37. The van der Waals surface area contributed by atoms with E-state index in [0.717, 1.165) is 36.8 Å². The molecule has 2 aliphatic rings. The summed E-state index contributed by atoms with van der Waals surface area (Å²) >= 11 is 0. The predicted octanol–water partition coefficient (Wildman–Crippen LogP) is 3.75. The molecule has 0 bridgehead atoms. The average molecular weight is 260 g/mol. The van der Waals surface area contributed by atoms with Gasteiger partial charge in [0.1, 0.15) is 5.60 Å². The molecule has 3 rings (SSSR count). The highest BCUT2D eigenvalue weighted by molar-refractivity contribution is 5.83. The lowest BCUT2D eigenvalue weighted by Crippen LogP contribution is -2.31. The summed E-state index contributed by atoms with van der Waals surface area (Å²) < 4.78 is 5.98. The lowest BCUT2D eigenvalue weighted by atomic mass is 9.87. The predicted molar refractivity (Wildman–Crippen MR) is 71.8 cm³/mol. The fraction of sp³-hybridized carbons (Fsp3) is 0.500. The number of nitro groups is 1. The van der Waals surface area contributed by atoms with Gasteiger partial charge in [-0.15, -0.1) is 0 Å². The largest absolute Gasteiger partial charge is 0.470 e. The molecule has 0 amide bonds. The number of aliphatic imine (C=N–C) groups is 1. The van der Waals surface area contributed by atoms with Crippen molar-refractivity contribution in [2.24, 2.45) is 4.99 Å². The zero-order valence-electron chi connectivity index (χ0n) is 11.1. The van der Waals surface area contributed by atoms with E-state index in [0.29, 0.717) is 11.6 Å². The van der Waals surface area contributed by atoms with E-state index in [-0.39, 0.29) is 10.6 Å². The monoisotopic (exact) mass is 260 g/mol. The molecule has 5 heteroatoms. The van der Waals surface area contributed by atoms with E-state index in [1.807, 2.05) is 13.0 Å². The van der Waals surface area contributed by atoms with Crippen LogP contribution in [-0.2, 0) is 10.3 Å². The molecule has 0 N–H and O–H groups in total. The summed E-state index contributed by atoms with van der Waals surface area (Å²) in [6.45, 7) is 3.65. The summed E-state index contributed by atoms with van der Waals surface area (Å²) in [5.74, 6) is 0.529. The normalized spacial score (nSPS) is 19.8. The summed E-state index contributed by atoms with van der Waals surface area (Å²) in [5.41, 5.74) is 1.96. The molecule has 1 spiro atoms. The maximum Gasteiger partial charge on any atom is 0.295 e. The number of ether oxygens (including phenoxy) is 1. The highest BCUT2D eigenvalue weighted by Crippen LogP contribution is 2.51. The molecule has 19 heavy (non-hydrogen) atoms. The second-order valence-corrected chi connectivity index (χ2v) is 5.37. The summed E-state index contributed by atoms with van der Waals surface area (Å²) in [5, 5.41) is 11.2. The molecule has 5 nitrogen and oxygen atoms in total. The van der Waals surface area contributed by atoms with Gasteiger partial charge in [-0.05, 0) is 44.2 Å². The van der Waals surface area contributed by atoms with Gasteiger partial charge >= 0.3 is 0 Å². The summed E-state index contributed by atoms with van der Waals surface area (Å²) in [4.78, 5) is 15.2. The number of nitro benzene ring substituents is 1. The minimum Gasteiger partial charge on any atom is -0.470 e. The standard InChI is InChI=1S/C14H16N2O3/c1-9-7-11-13(12(8-9)16(17)18)15-10(2)19-14(11)5-3-4-6-14/h7-8H,3-6H2,1-2H3. The third-order valence-corrected chi connectivity index (χ3v) is 3.95. The lowest BCUT2D eigenvalue weighted by Gasteiger charge is -2.34. The Hall–Kier alpha value is -1.91. The zero-order chi connectivity index (χ0) is 13.6. The number of nitrogens with zero attached hydrogens (tertiary/aromatic N) is 2. The van der Waals surface area contributed by atoms with Crippen molar-refractivity contribution in [2.75, 3.05) is 0 Å². The van der Waals surface area contributed by atoms with Gasteiger partial charge < -0.3 is 4.74 Å². The molecule has 1 aromatic rings. The SMILES string of the molecule is CC1=Nc2c([N+](=O)[O-])cc(C)cc2C2(CCCC2)O1. The van der Waals surface area contributed by atoms with Crippen LogP contribution in [0.1, 0.15) is 43.7 Å². The van der Waals surface area contributed by atoms with E-state index >= 15 is 0 Å². The summed E-state index contributed by atoms with van der Waals surface area (Å²) in [6, 6.07) is 3.58. The molecule has 1 aliphatic heterocycles. The van der Waals surface area contributed by atoms with Gasteiger partial charge in [0.25, 0.3) is 5.69 Å². The van der Waals surface area contributed by atoms with Gasteiger partial charge in [-0.25, -0.2) is 4.99 Å². The van der Waals surface area contributed by atoms with E-state index < -0.39 is 5.60 Å². The van der Waals surface area contributed by atoms with Crippen LogP contribution in [-0.4, -0.2) is 10.8 Å². The molecular formula is C14H16N2O3. The van der Waals surface area contributed by atoms with E-state index in [1.54, 1.807) is 13.0 Å².